The van der Waals surface area contributed by atoms with Gasteiger partial charge < -0.3 is 5.32 Å². The normalized spacial score (nSPS) is 11.9. The Morgan fingerprint density at radius 3 is 2.14 bits per heavy atom. The summed E-state index contributed by atoms with van der Waals surface area (Å²) in [6.07, 6.45) is 2.36. The van der Waals surface area contributed by atoms with Crippen molar-refractivity contribution in [3.05, 3.63) is 71.3 Å². The molecule has 2 aromatic carbocycles. The van der Waals surface area contributed by atoms with Gasteiger partial charge in [0, 0.05) is 0 Å². The molecule has 2 heteroatoms. The number of nitrogens with one attached hydrogen (secondary N) is 1. The van der Waals surface area contributed by atoms with E-state index in [0.29, 0.717) is 6.42 Å². The highest BCUT2D eigenvalue weighted by atomic mass is 16.1. The Kier molecular flexibility index (Phi) is 5.56. The molecule has 1 N–H and O–H groups in total. The van der Waals surface area contributed by atoms with Gasteiger partial charge in [-0.1, -0.05) is 68.4 Å². The lowest BCUT2D eigenvalue weighted by molar-refractivity contribution is -0.121. The SMILES string of the molecule is CCc1ccc(CC(=O)N[C@H](CC)c2ccccc2)cc1. The summed E-state index contributed by atoms with van der Waals surface area (Å²) in [4.78, 5) is 12.2. The number of benzene rings is 2. The Bertz CT molecular complexity index is 560. The van der Waals surface area contributed by atoms with Gasteiger partial charge in [0.05, 0.1) is 12.5 Å². The molecule has 0 radical (unpaired) electrons. The maximum atomic E-state index is 12.2. The maximum Gasteiger partial charge on any atom is 0.224 e. The summed E-state index contributed by atoms with van der Waals surface area (Å²) in [7, 11) is 0. The van der Waals surface area contributed by atoms with Crippen LogP contribution in [0.15, 0.2) is 54.6 Å². The van der Waals surface area contributed by atoms with Crippen molar-refractivity contribution in [3.63, 3.8) is 0 Å². The van der Waals surface area contributed by atoms with Crippen LogP contribution < -0.4 is 5.32 Å². The van der Waals surface area contributed by atoms with Crippen LogP contribution in [0.3, 0.4) is 0 Å². The molecule has 0 aliphatic rings. The van der Waals surface area contributed by atoms with Gasteiger partial charge in [-0.3, -0.25) is 4.79 Å². The fraction of sp³-hybridized carbons (Fsp3) is 0.316. The van der Waals surface area contributed by atoms with E-state index in [4.69, 9.17) is 0 Å². The van der Waals surface area contributed by atoms with E-state index >= 15 is 0 Å². The molecule has 21 heavy (non-hydrogen) atoms. The molecule has 2 rings (SSSR count). The van der Waals surface area contributed by atoms with Gasteiger partial charge in [0.1, 0.15) is 0 Å². The van der Waals surface area contributed by atoms with E-state index in [-0.39, 0.29) is 11.9 Å². The Morgan fingerprint density at radius 2 is 1.57 bits per heavy atom. The first-order chi connectivity index (χ1) is 10.2. The third-order valence-electron chi connectivity index (χ3n) is 3.74. The van der Waals surface area contributed by atoms with Gasteiger partial charge in [0.2, 0.25) is 5.91 Å². The summed E-state index contributed by atoms with van der Waals surface area (Å²) >= 11 is 0. The molecule has 0 saturated carbocycles. The molecule has 2 nitrogen and oxygen atoms in total. The van der Waals surface area contributed by atoms with Gasteiger partial charge in [-0.25, -0.2) is 0 Å². The molecular formula is C19H23NO. The van der Waals surface area contributed by atoms with Crippen LogP contribution in [-0.2, 0) is 17.6 Å². The Morgan fingerprint density at radius 1 is 0.952 bits per heavy atom. The molecule has 0 aliphatic carbocycles. The summed E-state index contributed by atoms with van der Waals surface area (Å²) in [5.41, 5.74) is 3.53. The largest absolute Gasteiger partial charge is 0.349 e. The lowest BCUT2D eigenvalue weighted by Gasteiger charge is -2.17. The van der Waals surface area contributed by atoms with E-state index in [1.54, 1.807) is 0 Å². The first-order valence-corrected chi connectivity index (χ1v) is 7.65. The summed E-state index contributed by atoms with van der Waals surface area (Å²) in [5, 5.41) is 3.12. The van der Waals surface area contributed by atoms with Crippen LogP contribution in [0.4, 0.5) is 0 Å². The maximum absolute atomic E-state index is 12.2. The van der Waals surface area contributed by atoms with Crippen molar-refractivity contribution in [2.45, 2.75) is 39.2 Å². The zero-order chi connectivity index (χ0) is 15.1. The molecule has 110 valence electrons. The van der Waals surface area contributed by atoms with Gasteiger partial charge in [-0.2, -0.15) is 0 Å². The minimum atomic E-state index is 0.0787. The Balaban J connectivity index is 1.96. The second kappa shape index (κ2) is 7.63. The molecule has 0 aromatic heterocycles. The number of carbonyl (C=O) groups excluding carboxylic acids is 1. The molecule has 1 atom stereocenters. The average molecular weight is 281 g/mol. The fourth-order valence-corrected chi connectivity index (χ4v) is 2.43. The molecule has 0 bridgehead atoms. The zero-order valence-electron chi connectivity index (χ0n) is 12.8. The van der Waals surface area contributed by atoms with E-state index in [9.17, 15) is 4.79 Å². The predicted molar refractivity (Wildman–Crippen MR) is 87.1 cm³/mol. The Hall–Kier alpha value is -2.09. The molecule has 0 unspecified atom stereocenters. The first-order valence-electron chi connectivity index (χ1n) is 7.65. The van der Waals surface area contributed by atoms with Crippen LogP contribution in [0.5, 0.6) is 0 Å². The lowest BCUT2D eigenvalue weighted by Crippen LogP contribution is -2.29. The summed E-state index contributed by atoms with van der Waals surface area (Å²) in [6.45, 7) is 4.22. The minimum absolute atomic E-state index is 0.0787. The quantitative estimate of drug-likeness (QED) is 0.850. The smallest absolute Gasteiger partial charge is 0.224 e. The van der Waals surface area contributed by atoms with Crippen LogP contribution in [0.1, 0.15) is 43.0 Å². The summed E-state index contributed by atoms with van der Waals surface area (Å²) in [6, 6.07) is 18.5. The van der Waals surface area contributed by atoms with Crippen molar-refractivity contribution in [1.29, 1.82) is 0 Å². The lowest BCUT2D eigenvalue weighted by atomic mass is 10.0. The molecule has 0 saturated heterocycles. The van der Waals surface area contributed by atoms with Crippen LogP contribution >= 0.6 is 0 Å². The van der Waals surface area contributed by atoms with Crippen LogP contribution in [0.2, 0.25) is 0 Å². The second-order valence-electron chi connectivity index (χ2n) is 5.29. The minimum Gasteiger partial charge on any atom is -0.349 e. The van der Waals surface area contributed by atoms with E-state index in [0.717, 1.165) is 24.0 Å². The number of rotatable bonds is 6. The standard InChI is InChI=1S/C19H23NO/c1-3-15-10-12-16(13-11-15)14-19(21)20-18(4-2)17-8-6-5-7-9-17/h5-13,18H,3-4,14H2,1-2H3,(H,20,21)/t18-/m1/s1. The van der Waals surface area contributed by atoms with Crippen molar-refractivity contribution < 1.29 is 4.79 Å². The van der Waals surface area contributed by atoms with Gasteiger partial charge in [-0.05, 0) is 29.5 Å². The summed E-state index contributed by atoms with van der Waals surface area (Å²) in [5.74, 6) is 0.0787. The van der Waals surface area contributed by atoms with E-state index in [1.165, 1.54) is 5.56 Å². The number of amides is 1. The van der Waals surface area contributed by atoms with Crippen molar-refractivity contribution in [2.24, 2.45) is 0 Å². The third-order valence-corrected chi connectivity index (χ3v) is 3.74. The van der Waals surface area contributed by atoms with Crippen molar-refractivity contribution >= 4 is 5.91 Å². The van der Waals surface area contributed by atoms with Crippen molar-refractivity contribution in [1.82, 2.24) is 5.32 Å². The molecule has 0 aliphatic heterocycles. The molecule has 0 fully saturated rings. The van der Waals surface area contributed by atoms with Gasteiger partial charge >= 0.3 is 0 Å². The van der Waals surface area contributed by atoms with Crippen molar-refractivity contribution in [2.75, 3.05) is 0 Å². The van der Waals surface area contributed by atoms with Crippen LogP contribution in [0, 0.1) is 0 Å². The van der Waals surface area contributed by atoms with E-state index < -0.39 is 0 Å². The van der Waals surface area contributed by atoms with Gasteiger partial charge in [0.25, 0.3) is 0 Å². The topological polar surface area (TPSA) is 29.1 Å². The molecule has 0 heterocycles. The highest BCUT2D eigenvalue weighted by Crippen LogP contribution is 2.16. The van der Waals surface area contributed by atoms with E-state index in [1.807, 2.05) is 30.3 Å². The van der Waals surface area contributed by atoms with Crippen molar-refractivity contribution in [3.8, 4) is 0 Å². The molecule has 1 amide bonds. The average Bonchev–Trinajstić information content (AvgIpc) is 2.54. The molecule has 2 aromatic rings. The number of aryl methyl sites for hydroxylation is 1. The zero-order valence-corrected chi connectivity index (χ0v) is 12.8. The molecular weight excluding hydrogens is 258 g/mol. The molecule has 0 spiro atoms. The second-order valence-corrected chi connectivity index (χ2v) is 5.29. The Labute approximate surface area is 127 Å². The van der Waals surface area contributed by atoms with Crippen LogP contribution in [-0.4, -0.2) is 5.91 Å². The number of hydrogen-bond donors (Lipinski definition) is 1. The predicted octanol–water partition coefficient (Wildman–Crippen LogP) is 4.06. The monoisotopic (exact) mass is 281 g/mol. The number of carbonyl (C=O) groups is 1. The fourth-order valence-electron chi connectivity index (χ4n) is 2.43. The highest BCUT2D eigenvalue weighted by molar-refractivity contribution is 5.79. The van der Waals surface area contributed by atoms with Gasteiger partial charge in [0.15, 0.2) is 0 Å². The highest BCUT2D eigenvalue weighted by Gasteiger charge is 2.12. The summed E-state index contributed by atoms with van der Waals surface area (Å²) < 4.78 is 0. The number of hydrogen-bond acceptors (Lipinski definition) is 1. The van der Waals surface area contributed by atoms with E-state index in [2.05, 4.69) is 43.4 Å². The van der Waals surface area contributed by atoms with Crippen LogP contribution in [0.25, 0.3) is 0 Å². The third kappa shape index (κ3) is 4.45. The first kappa shape index (κ1) is 15.3. The van der Waals surface area contributed by atoms with Gasteiger partial charge in [-0.15, -0.1) is 0 Å².